The fourth-order valence-electron chi connectivity index (χ4n) is 1.42. The molecule has 0 atom stereocenters. The lowest BCUT2D eigenvalue weighted by Crippen LogP contribution is -2.39. The Morgan fingerprint density at radius 2 is 1.50 bits per heavy atom. The van der Waals surface area contributed by atoms with Gasteiger partial charge in [-0.3, -0.25) is 0 Å². The summed E-state index contributed by atoms with van der Waals surface area (Å²) in [6, 6.07) is 0. The van der Waals surface area contributed by atoms with Gasteiger partial charge in [0.2, 0.25) is 0 Å². The molecule has 2 amide bonds. The Bertz CT molecular complexity index is 235. The van der Waals surface area contributed by atoms with Crippen molar-refractivity contribution in [3.63, 3.8) is 0 Å². The molecule has 0 aromatic heterocycles. The molecular weight excluding hydrogens is 212 g/mol. The van der Waals surface area contributed by atoms with Gasteiger partial charge in [-0.05, 0) is 12.3 Å². The molecule has 0 aliphatic rings. The maximum Gasteiger partial charge on any atom is 0.404 e. The molecule has 0 aromatic carbocycles. The topological polar surface area (TPSA) is 105 Å². The van der Waals surface area contributed by atoms with E-state index in [1.165, 1.54) is 0 Å². The van der Waals surface area contributed by atoms with Gasteiger partial charge < -0.3 is 20.9 Å². The monoisotopic (exact) mass is 232 g/mol. The van der Waals surface area contributed by atoms with Gasteiger partial charge in [-0.2, -0.15) is 0 Å². The summed E-state index contributed by atoms with van der Waals surface area (Å²) in [5.74, 6) is 0.163. The van der Waals surface area contributed by atoms with E-state index in [1.54, 1.807) is 0 Å². The van der Waals surface area contributed by atoms with Crippen molar-refractivity contribution >= 4 is 12.2 Å². The largest absolute Gasteiger partial charge is 0.449 e. The first-order valence-corrected chi connectivity index (χ1v) is 5.18. The highest BCUT2D eigenvalue weighted by Crippen LogP contribution is 2.32. The van der Waals surface area contributed by atoms with E-state index < -0.39 is 17.6 Å². The molecule has 6 nitrogen and oxygen atoms in total. The lowest BCUT2D eigenvalue weighted by atomic mass is 9.76. The average molecular weight is 232 g/mol. The van der Waals surface area contributed by atoms with Gasteiger partial charge in [-0.25, -0.2) is 9.59 Å². The van der Waals surface area contributed by atoms with E-state index in [-0.39, 0.29) is 19.1 Å². The first-order valence-electron chi connectivity index (χ1n) is 5.18. The molecule has 0 heterocycles. The van der Waals surface area contributed by atoms with Gasteiger partial charge in [0.15, 0.2) is 0 Å². The van der Waals surface area contributed by atoms with E-state index >= 15 is 0 Å². The Hall–Kier alpha value is -1.46. The van der Waals surface area contributed by atoms with Crippen molar-refractivity contribution in [3.8, 4) is 0 Å². The third-order valence-electron chi connectivity index (χ3n) is 2.93. The number of hydrogen-bond donors (Lipinski definition) is 2. The first kappa shape index (κ1) is 14.5. The Morgan fingerprint density at radius 1 is 1.12 bits per heavy atom. The summed E-state index contributed by atoms with van der Waals surface area (Å²) in [5, 5.41) is 0. The van der Waals surface area contributed by atoms with Crippen LogP contribution in [0.4, 0.5) is 9.59 Å². The molecule has 6 heteroatoms. The highest BCUT2D eigenvalue weighted by atomic mass is 16.6. The number of carbonyl (C=O) groups excluding carboxylic acids is 2. The van der Waals surface area contributed by atoms with Crippen LogP contribution in [0.5, 0.6) is 0 Å². The summed E-state index contributed by atoms with van der Waals surface area (Å²) in [7, 11) is 0. The minimum atomic E-state index is -0.836. The number of rotatable bonds is 6. The van der Waals surface area contributed by atoms with E-state index in [2.05, 4.69) is 0 Å². The van der Waals surface area contributed by atoms with E-state index in [4.69, 9.17) is 20.9 Å². The summed E-state index contributed by atoms with van der Waals surface area (Å²) in [5.41, 5.74) is 9.39. The second-order valence-electron chi connectivity index (χ2n) is 4.09. The zero-order valence-corrected chi connectivity index (χ0v) is 9.99. The van der Waals surface area contributed by atoms with Gasteiger partial charge >= 0.3 is 12.2 Å². The summed E-state index contributed by atoms with van der Waals surface area (Å²) < 4.78 is 9.60. The molecule has 0 unspecified atom stereocenters. The van der Waals surface area contributed by atoms with Crippen LogP contribution < -0.4 is 11.5 Å². The number of ether oxygens (including phenoxy) is 2. The molecule has 0 bridgehead atoms. The summed E-state index contributed by atoms with van der Waals surface area (Å²) in [6.07, 6.45) is -0.985. The standard InChI is InChI=1S/C10H20N2O4/c1-4-10(7(2)3,5-15-8(11)13)6-16-9(12)14/h7H,4-6H2,1-3H3,(H2,11,13)(H2,12,14). The van der Waals surface area contributed by atoms with Crippen LogP contribution in [0.3, 0.4) is 0 Å². The summed E-state index contributed by atoms with van der Waals surface area (Å²) in [6.45, 7) is 6.07. The molecule has 0 aliphatic carbocycles. The van der Waals surface area contributed by atoms with Crippen LogP contribution in [0.2, 0.25) is 0 Å². The van der Waals surface area contributed by atoms with Crippen LogP contribution >= 0.6 is 0 Å². The van der Waals surface area contributed by atoms with E-state index in [9.17, 15) is 9.59 Å². The summed E-state index contributed by atoms with van der Waals surface area (Å²) >= 11 is 0. The number of amides is 2. The normalized spacial score (nSPS) is 11.2. The lowest BCUT2D eigenvalue weighted by molar-refractivity contribution is -0.00137. The third kappa shape index (κ3) is 4.37. The van der Waals surface area contributed by atoms with Gasteiger partial charge in [-0.1, -0.05) is 20.8 Å². The Balaban J connectivity index is 4.57. The van der Waals surface area contributed by atoms with Gasteiger partial charge in [0, 0.05) is 5.41 Å². The maximum atomic E-state index is 10.6. The van der Waals surface area contributed by atoms with Crippen molar-refractivity contribution in [2.45, 2.75) is 27.2 Å². The van der Waals surface area contributed by atoms with Crippen molar-refractivity contribution in [3.05, 3.63) is 0 Å². The number of carbonyl (C=O) groups is 2. The van der Waals surface area contributed by atoms with Crippen LogP contribution in [-0.2, 0) is 9.47 Å². The van der Waals surface area contributed by atoms with Gasteiger partial charge in [0.1, 0.15) is 13.2 Å². The van der Waals surface area contributed by atoms with Crippen LogP contribution in [-0.4, -0.2) is 25.4 Å². The zero-order valence-electron chi connectivity index (χ0n) is 9.99. The first-order chi connectivity index (χ1) is 7.34. The number of hydrogen-bond acceptors (Lipinski definition) is 4. The molecule has 16 heavy (non-hydrogen) atoms. The molecule has 0 saturated heterocycles. The molecule has 0 fully saturated rings. The lowest BCUT2D eigenvalue weighted by Gasteiger charge is -2.34. The second-order valence-corrected chi connectivity index (χ2v) is 4.09. The Kier molecular flexibility index (Phi) is 5.63. The molecule has 0 radical (unpaired) electrons. The van der Waals surface area contributed by atoms with Crippen molar-refractivity contribution in [1.29, 1.82) is 0 Å². The second kappa shape index (κ2) is 6.19. The molecular formula is C10H20N2O4. The van der Waals surface area contributed by atoms with Crippen LogP contribution in [0.25, 0.3) is 0 Å². The maximum absolute atomic E-state index is 10.6. The van der Waals surface area contributed by atoms with Crippen molar-refractivity contribution in [2.75, 3.05) is 13.2 Å². The zero-order chi connectivity index (χ0) is 12.8. The molecule has 0 aliphatic heterocycles. The number of nitrogens with two attached hydrogens (primary N) is 2. The van der Waals surface area contributed by atoms with Crippen molar-refractivity contribution in [2.24, 2.45) is 22.8 Å². The van der Waals surface area contributed by atoms with Crippen molar-refractivity contribution < 1.29 is 19.1 Å². The highest BCUT2D eigenvalue weighted by molar-refractivity contribution is 5.65. The molecule has 0 rings (SSSR count). The quantitative estimate of drug-likeness (QED) is 0.718. The summed E-state index contributed by atoms with van der Waals surface area (Å²) in [4.78, 5) is 21.2. The molecule has 0 aromatic rings. The third-order valence-corrected chi connectivity index (χ3v) is 2.93. The Labute approximate surface area is 95.3 Å². The minimum Gasteiger partial charge on any atom is -0.449 e. The molecule has 94 valence electrons. The van der Waals surface area contributed by atoms with Crippen molar-refractivity contribution in [1.82, 2.24) is 0 Å². The molecule has 4 N–H and O–H groups in total. The fourth-order valence-corrected chi connectivity index (χ4v) is 1.42. The molecule has 0 saturated carbocycles. The molecule has 0 spiro atoms. The predicted molar refractivity (Wildman–Crippen MR) is 58.6 cm³/mol. The fraction of sp³-hybridized carbons (Fsp3) is 0.800. The van der Waals surface area contributed by atoms with Crippen LogP contribution in [0, 0.1) is 11.3 Å². The predicted octanol–water partition coefficient (Wildman–Crippen LogP) is 1.23. The average Bonchev–Trinajstić information content (AvgIpc) is 2.17. The number of primary amides is 2. The van der Waals surface area contributed by atoms with Crippen LogP contribution in [0.1, 0.15) is 27.2 Å². The minimum absolute atomic E-state index is 0.115. The van der Waals surface area contributed by atoms with Crippen LogP contribution in [0.15, 0.2) is 0 Å². The van der Waals surface area contributed by atoms with Gasteiger partial charge in [-0.15, -0.1) is 0 Å². The van der Waals surface area contributed by atoms with E-state index in [0.717, 1.165) is 0 Å². The van der Waals surface area contributed by atoms with Gasteiger partial charge in [0.25, 0.3) is 0 Å². The SMILES string of the molecule is CCC(COC(N)=O)(COC(N)=O)C(C)C. The van der Waals surface area contributed by atoms with E-state index in [1.807, 2.05) is 20.8 Å². The highest BCUT2D eigenvalue weighted by Gasteiger charge is 2.35. The smallest absolute Gasteiger partial charge is 0.404 e. The van der Waals surface area contributed by atoms with Gasteiger partial charge in [0.05, 0.1) is 0 Å². The Morgan fingerprint density at radius 3 is 1.69 bits per heavy atom. The van der Waals surface area contributed by atoms with E-state index in [0.29, 0.717) is 6.42 Å².